The molecule has 10 nitrogen and oxygen atoms in total. The summed E-state index contributed by atoms with van der Waals surface area (Å²) in [7, 11) is -3.97. The zero-order valence-corrected chi connectivity index (χ0v) is 16.4. The Morgan fingerprint density at radius 1 is 1.03 bits per heavy atom. The molecule has 0 radical (unpaired) electrons. The van der Waals surface area contributed by atoms with Crippen LogP contribution in [0, 0.1) is 10.1 Å². The van der Waals surface area contributed by atoms with Crippen molar-refractivity contribution in [3.05, 3.63) is 68.1 Å². The lowest BCUT2D eigenvalue weighted by Crippen LogP contribution is -2.51. The molecule has 1 saturated heterocycles. The van der Waals surface area contributed by atoms with Crippen LogP contribution in [-0.4, -0.2) is 59.6 Å². The summed E-state index contributed by atoms with van der Waals surface area (Å²) in [5, 5.41) is 10.7. The molecular weight excluding hydrogens is 445 g/mol. The predicted molar refractivity (Wildman–Crippen MR) is 99.8 cm³/mol. The molecular formula is C17H15F3N4O6S. The van der Waals surface area contributed by atoms with E-state index in [1.54, 1.807) is 4.98 Å². The predicted octanol–water partition coefficient (Wildman–Crippen LogP) is 1.45. The monoisotopic (exact) mass is 460 g/mol. The number of hydrogen-bond donors (Lipinski definition) is 1. The fraction of sp³-hybridized carbons (Fsp3) is 0.294. The number of nitro groups is 1. The Balaban J connectivity index is 1.71. The van der Waals surface area contributed by atoms with E-state index in [0.29, 0.717) is 6.07 Å². The van der Waals surface area contributed by atoms with Crippen molar-refractivity contribution in [2.45, 2.75) is 11.1 Å². The van der Waals surface area contributed by atoms with Gasteiger partial charge in [-0.05, 0) is 24.3 Å². The second-order valence-corrected chi connectivity index (χ2v) is 8.50. The number of aromatic nitrogens is 1. The summed E-state index contributed by atoms with van der Waals surface area (Å²) in [5.74, 6) is -0.817. The van der Waals surface area contributed by atoms with Crippen LogP contribution in [0.3, 0.4) is 0 Å². The smallest absolute Gasteiger partial charge is 0.336 e. The molecule has 1 amide bonds. The second-order valence-electron chi connectivity index (χ2n) is 6.56. The third-order valence-corrected chi connectivity index (χ3v) is 6.57. The van der Waals surface area contributed by atoms with Gasteiger partial charge >= 0.3 is 6.18 Å². The molecule has 1 fully saturated rings. The average Bonchev–Trinajstić information content (AvgIpc) is 2.72. The summed E-state index contributed by atoms with van der Waals surface area (Å²) in [4.78, 5) is 37.1. The number of carbonyl (C=O) groups excluding carboxylic acids is 1. The van der Waals surface area contributed by atoms with Crippen molar-refractivity contribution in [3.8, 4) is 0 Å². The Bertz CT molecular complexity index is 1170. The first-order chi connectivity index (χ1) is 14.4. The second kappa shape index (κ2) is 8.11. The van der Waals surface area contributed by atoms with E-state index in [2.05, 4.69) is 0 Å². The number of nitro benzene ring substituents is 1. The Hall–Kier alpha value is -3.26. The highest BCUT2D eigenvalue weighted by Gasteiger charge is 2.34. The van der Waals surface area contributed by atoms with Crippen LogP contribution in [0.1, 0.15) is 16.1 Å². The number of pyridine rings is 1. The van der Waals surface area contributed by atoms with Gasteiger partial charge in [0.25, 0.3) is 17.2 Å². The summed E-state index contributed by atoms with van der Waals surface area (Å²) in [6.45, 7) is -0.426. The van der Waals surface area contributed by atoms with Gasteiger partial charge < -0.3 is 9.88 Å². The number of benzene rings is 1. The Kier molecular flexibility index (Phi) is 5.87. The van der Waals surface area contributed by atoms with Crippen LogP contribution in [0.25, 0.3) is 0 Å². The molecule has 1 N–H and O–H groups in total. The fourth-order valence-corrected chi connectivity index (χ4v) is 4.42. The van der Waals surface area contributed by atoms with Crippen molar-refractivity contribution >= 4 is 21.6 Å². The lowest BCUT2D eigenvalue weighted by Gasteiger charge is -2.33. The van der Waals surface area contributed by atoms with E-state index in [1.165, 1.54) is 4.90 Å². The number of aromatic amines is 1. The summed E-state index contributed by atoms with van der Waals surface area (Å²) in [5.41, 5.74) is -3.23. The van der Waals surface area contributed by atoms with E-state index in [4.69, 9.17) is 0 Å². The number of alkyl halides is 3. The molecule has 0 saturated carbocycles. The summed E-state index contributed by atoms with van der Waals surface area (Å²) >= 11 is 0. The molecule has 3 rings (SSSR count). The van der Waals surface area contributed by atoms with Crippen LogP contribution in [0.5, 0.6) is 0 Å². The lowest BCUT2D eigenvalue weighted by atomic mass is 10.2. The molecule has 2 aromatic rings. The number of nitrogens with zero attached hydrogens (tertiary/aromatic N) is 3. The van der Waals surface area contributed by atoms with Crippen molar-refractivity contribution in [2.75, 3.05) is 26.2 Å². The maximum absolute atomic E-state index is 12.7. The first-order valence-electron chi connectivity index (χ1n) is 8.75. The van der Waals surface area contributed by atoms with E-state index in [9.17, 15) is 41.3 Å². The first kappa shape index (κ1) is 22.4. The molecule has 1 aromatic heterocycles. The molecule has 14 heteroatoms. The number of rotatable bonds is 4. The Labute approximate surface area is 173 Å². The van der Waals surface area contributed by atoms with Crippen LogP contribution in [-0.2, 0) is 16.2 Å². The standard InChI is InChI=1S/C17H15F3N4O6S/c18-17(19,20)14-6-5-13(15(25)21-14)16(26)22-7-9-23(10-8-22)31(29,30)12-3-1-11(2-4-12)24(27)28/h1-6H,7-10H2,(H,21,25). The minimum absolute atomic E-state index is 0.0918. The SMILES string of the molecule is O=C(c1ccc(C(F)(F)F)[nH]c1=O)N1CCN(S(=O)(=O)c2ccc([N+](=O)[O-])cc2)CC1. The maximum Gasteiger partial charge on any atom is 0.431 e. The van der Waals surface area contributed by atoms with Crippen molar-refractivity contribution in [2.24, 2.45) is 0 Å². The van der Waals surface area contributed by atoms with E-state index < -0.39 is 43.8 Å². The summed E-state index contributed by atoms with van der Waals surface area (Å²) in [6.07, 6.45) is -4.77. The number of sulfonamides is 1. The van der Waals surface area contributed by atoms with E-state index in [-0.39, 0.29) is 36.8 Å². The van der Waals surface area contributed by atoms with Crippen molar-refractivity contribution in [1.29, 1.82) is 0 Å². The molecule has 1 aliphatic rings. The van der Waals surface area contributed by atoms with Gasteiger partial charge in [0.2, 0.25) is 10.0 Å². The molecule has 166 valence electrons. The van der Waals surface area contributed by atoms with Gasteiger partial charge in [-0.25, -0.2) is 8.42 Å². The molecule has 31 heavy (non-hydrogen) atoms. The molecule has 0 bridgehead atoms. The Morgan fingerprint density at radius 3 is 2.10 bits per heavy atom. The van der Waals surface area contributed by atoms with Crippen LogP contribution < -0.4 is 5.56 Å². The van der Waals surface area contributed by atoms with Crippen LogP contribution in [0.15, 0.2) is 46.1 Å². The van der Waals surface area contributed by atoms with Crippen molar-refractivity contribution < 1.29 is 31.3 Å². The van der Waals surface area contributed by atoms with Gasteiger partial charge in [-0.15, -0.1) is 0 Å². The number of hydrogen-bond acceptors (Lipinski definition) is 6. The molecule has 0 aliphatic carbocycles. The van der Waals surface area contributed by atoms with Crippen LogP contribution >= 0.6 is 0 Å². The number of halogens is 3. The summed E-state index contributed by atoms with van der Waals surface area (Å²) in [6, 6.07) is 5.69. The highest BCUT2D eigenvalue weighted by Crippen LogP contribution is 2.26. The first-order valence-corrected chi connectivity index (χ1v) is 10.2. The number of amides is 1. The highest BCUT2D eigenvalue weighted by molar-refractivity contribution is 7.89. The fourth-order valence-electron chi connectivity index (χ4n) is 3.00. The van der Waals surface area contributed by atoms with E-state index in [1.807, 2.05) is 0 Å². The number of non-ortho nitro benzene ring substituents is 1. The minimum atomic E-state index is -4.77. The molecule has 0 unspecified atom stereocenters. The van der Waals surface area contributed by atoms with Crippen LogP contribution in [0.4, 0.5) is 18.9 Å². The highest BCUT2D eigenvalue weighted by atomic mass is 32.2. The Morgan fingerprint density at radius 2 is 1.61 bits per heavy atom. The minimum Gasteiger partial charge on any atom is -0.336 e. The lowest BCUT2D eigenvalue weighted by molar-refractivity contribution is -0.384. The average molecular weight is 460 g/mol. The van der Waals surface area contributed by atoms with Gasteiger partial charge in [0.1, 0.15) is 11.3 Å². The third kappa shape index (κ3) is 4.59. The number of nitrogens with one attached hydrogen (secondary N) is 1. The van der Waals surface area contributed by atoms with Gasteiger partial charge in [-0.1, -0.05) is 0 Å². The van der Waals surface area contributed by atoms with E-state index in [0.717, 1.165) is 34.6 Å². The number of carbonyl (C=O) groups is 1. The summed E-state index contributed by atoms with van der Waals surface area (Å²) < 4.78 is 64.4. The maximum atomic E-state index is 12.7. The zero-order valence-electron chi connectivity index (χ0n) is 15.6. The van der Waals surface area contributed by atoms with Crippen molar-refractivity contribution in [3.63, 3.8) is 0 Å². The topological polar surface area (TPSA) is 134 Å². The molecule has 1 aliphatic heterocycles. The zero-order chi connectivity index (χ0) is 23.0. The molecule has 0 atom stereocenters. The van der Waals surface area contributed by atoms with E-state index >= 15 is 0 Å². The van der Waals surface area contributed by atoms with Gasteiger partial charge in [0.05, 0.1) is 9.82 Å². The van der Waals surface area contributed by atoms with Gasteiger partial charge in [-0.3, -0.25) is 19.7 Å². The van der Waals surface area contributed by atoms with Gasteiger partial charge in [0, 0.05) is 38.3 Å². The third-order valence-electron chi connectivity index (χ3n) is 4.66. The van der Waals surface area contributed by atoms with Crippen molar-refractivity contribution in [1.82, 2.24) is 14.2 Å². The number of piperazine rings is 1. The van der Waals surface area contributed by atoms with Crippen LogP contribution in [0.2, 0.25) is 0 Å². The molecule has 1 aromatic carbocycles. The van der Waals surface area contributed by atoms with Gasteiger partial charge in [-0.2, -0.15) is 17.5 Å². The quantitative estimate of drug-likeness (QED) is 0.542. The number of H-pyrrole nitrogens is 1. The van der Waals surface area contributed by atoms with Gasteiger partial charge in [0.15, 0.2) is 0 Å². The molecule has 2 heterocycles. The normalized spacial score (nSPS) is 15.6. The molecule has 0 spiro atoms. The largest absolute Gasteiger partial charge is 0.431 e.